The molecule has 15 heavy (non-hydrogen) atoms. The van der Waals surface area contributed by atoms with E-state index >= 15 is 0 Å². The molecule has 1 aromatic rings. The van der Waals surface area contributed by atoms with Gasteiger partial charge in [0.1, 0.15) is 5.75 Å². The van der Waals surface area contributed by atoms with Gasteiger partial charge in [0.2, 0.25) is 6.17 Å². The molecule has 0 saturated heterocycles. The monoisotopic (exact) mass is 276 g/mol. The third kappa shape index (κ3) is 2.68. The maximum Gasteiger partial charge on any atom is 0.345 e. The molecule has 0 aliphatic heterocycles. The van der Waals surface area contributed by atoms with E-state index < -0.39 is 12.1 Å². The average Bonchev–Trinajstić information content (AvgIpc) is 2.26. The summed E-state index contributed by atoms with van der Waals surface area (Å²) in [5.74, 6) is -0.331. The molecule has 0 aliphatic carbocycles. The number of esters is 1. The van der Waals surface area contributed by atoms with Crippen LogP contribution in [0.3, 0.4) is 0 Å². The highest BCUT2D eigenvalue weighted by atomic mass is 79.9. The number of benzene rings is 1. The third-order valence-corrected chi connectivity index (χ3v) is 2.50. The highest BCUT2D eigenvalue weighted by molar-refractivity contribution is 9.10. The van der Waals surface area contributed by atoms with Crippen LogP contribution in [0.15, 0.2) is 22.7 Å². The van der Waals surface area contributed by atoms with Crippen molar-refractivity contribution >= 4 is 21.9 Å². The van der Waals surface area contributed by atoms with Gasteiger partial charge < -0.3 is 9.47 Å². The van der Waals surface area contributed by atoms with Crippen molar-refractivity contribution in [3.63, 3.8) is 0 Å². The average molecular weight is 277 g/mol. The molecule has 1 atom stereocenters. The van der Waals surface area contributed by atoms with Crippen molar-refractivity contribution in [3.05, 3.63) is 28.2 Å². The van der Waals surface area contributed by atoms with Crippen LogP contribution in [0.1, 0.15) is 11.7 Å². The van der Waals surface area contributed by atoms with Crippen LogP contribution < -0.4 is 4.74 Å². The Kier molecular flexibility index (Phi) is 4.08. The topological polar surface area (TPSA) is 35.5 Å². The van der Waals surface area contributed by atoms with Crippen LogP contribution in [-0.4, -0.2) is 20.2 Å². The van der Waals surface area contributed by atoms with E-state index in [0.29, 0.717) is 10.2 Å². The highest BCUT2D eigenvalue weighted by Gasteiger charge is 2.20. The first-order valence-corrected chi connectivity index (χ1v) is 4.94. The van der Waals surface area contributed by atoms with Gasteiger partial charge in [-0.05, 0) is 33.6 Å². The van der Waals surface area contributed by atoms with Crippen molar-refractivity contribution in [1.82, 2.24) is 0 Å². The van der Waals surface area contributed by atoms with E-state index in [4.69, 9.17) is 4.74 Å². The molecule has 82 valence electrons. The zero-order valence-corrected chi connectivity index (χ0v) is 9.88. The van der Waals surface area contributed by atoms with Crippen LogP contribution >= 0.6 is 15.9 Å². The normalized spacial score (nSPS) is 12.0. The molecule has 0 N–H and O–H groups in total. The molecule has 0 saturated carbocycles. The van der Waals surface area contributed by atoms with Crippen molar-refractivity contribution in [2.75, 3.05) is 14.2 Å². The summed E-state index contributed by atoms with van der Waals surface area (Å²) in [4.78, 5) is 10.9. The molecule has 5 heteroatoms. The molecule has 1 unspecified atom stereocenters. The van der Waals surface area contributed by atoms with Gasteiger partial charge in [0.05, 0.1) is 18.7 Å². The Morgan fingerprint density at radius 3 is 2.60 bits per heavy atom. The van der Waals surface area contributed by atoms with E-state index in [-0.39, 0.29) is 5.56 Å². The molecule has 0 radical (unpaired) electrons. The molecule has 1 aromatic carbocycles. The minimum Gasteiger partial charge on any atom is -0.496 e. The lowest BCUT2D eigenvalue weighted by Crippen LogP contribution is -2.09. The smallest absolute Gasteiger partial charge is 0.345 e. The Bertz CT molecular complexity index is 368. The van der Waals surface area contributed by atoms with Gasteiger partial charge in [0.25, 0.3) is 0 Å². The van der Waals surface area contributed by atoms with Gasteiger partial charge in [-0.3, -0.25) is 0 Å². The molecular formula is C10H10BrFO3. The molecule has 0 fully saturated rings. The van der Waals surface area contributed by atoms with E-state index in [9.17, 15) is 9.18 Å². The quantitative estimate of drug-likeness (QED) is 0.797. The van der Waals surface area contributed by atoms with Gasteiger partial charge in [-0.2, -0.15) is 0 Å². The molecule has 3 nitrogen and oxygen atoms in total. The highest BCUT2D eigenvalue weighted by Crippen LogP contribution is 2.29. The van der Waals surface area contributed by atoms with Crippen LogP contribution in [0.4, 0.5) is 4.39 Å². The summed E-state index contributed by atoms with van der Waals surface area (Å²) < 4.78 is 23.3. The van der Waals surface area contributed by atoms with Gasteiger partial charge in [-0.1, -0.05) is 6.07 Å². The second-order valence-electron chi connectivity index (χ2n) is 2.78. The van der Waals surface area contributed by atoms with Crippen LogP contribution in [0.2, 0.25) is 0 Å². The van der Waals surface area contributed by atoms with Gasteiger partial charge in [0.15, 0.2) is 0 Å². The minimum absolute atomic E-state index is 0.231. The fourth-order valence-electron chi connectivity index (χ4n) is 1.08. The number of rotatable bonds is 3. The molecular weight excluding hydrogens is 267 g/mol. The summed E-state index contributed by atoms with van der Waals surface area (Å²) in [5, 5.41) is 0. The van der Waals surface area contributed by atoms with Crippen molar-refractivity contribution < 1.29 is 18.7 Å². The molecule has 0 heterocycles. The lowest BCUT2D eigenvalue weighted by atomic mass is 10.1. The Hall–Kier alpha value is -1.10. The molecule has 0 aliphatic rings. The Morgan fingerprint density at radius 1 is 1.47 bits per heavy atom. The van der Waals surface area contributed by atoms with Crippen LogP contribution in [0.5, 0.6) is 5.75 Å². The first-order chi connectivity index (χ1) is 7.10. The third-order valence-electron chi connectivity index (χ3n) is 1.88. The number of ether oxygens (including phenoxy) is 2. The number of carbonyl (C=O) groups excluding carboxylic acids is 1. The molecule has 0 bridgehead atoms. The van der Waals surface area contributed by atoms with Crippen molar-refractivity contribution in [1.29, 1.82) is 0 Å². The Morgan fingerprint density at radius 2 is 2.13 bits per heavy atom. The number of carbonyl (C=O) groups is 1. The predicted molar refractivity (Wildman–Crippen MR) is 56.6 cm³/mol. The largest absolute Gasteiger partial charge is 0.496 e. The van der Waals surface area contributed by atoms with Crippen LogP contribution in [-0.2, 0) is 9.53 Å². The second-order valence-corrected chi connectivity index (χ2v) is 3.63. The summed E-state index contributed by atoms with van der Waals surface area (Å²) in [5.41, 5.74) is 0.231. The lowest BCUT2D eigenvalue weighted by Gasteiger charge is -2.08. The zero-order valence-electron chi connectivity index (χ0n) is 8.29. The minimum atomic E-state index is -1.77. The first-order valence-electron chi connectivity index (χ1n) is 4.15. The fraction of sp³-hybridized carbons (Fsp3) is 0.300. The SMILES string of the molecule is COC(=O)C(F)c1ccc(OC)c(Br)c1. The van der Waals surface area contributed by atoms with Gasteiger partial charge in [0, 0.05) is 0 Å². The first kappa shape index (κ1) is 12.0. The summed E-state index contributed by atoms with van der Waals surface area (Å²) >= 11 is 3.20. The number of hydrogen-bond acceptors (Lipinski definition) is 3. The van der Waals surface area contributed by atoms with Gasteiger partial charge in [-0.15, -0.1) is 0 Å². The Labute approximate surface area is 95.3 Å². The van der Waals surface area contributed by atoms with E-state index in [1.54, 1.807) is 6.07 Å². The van der Waals surface area contributed by atoms with E-state index in [0.717, 1.165) is 7.11 Å². The van der Waals surface area contributed by atoms with Crippen molar-refractivity contribution in [2.24, 2.45) is 0 Å². The fourth-order valence-corrected chi connectivity index (χ4v) is 1.64. The summed E-state index contributed by atoms with van der Waals surface area (Å²) in [7, 11) is 2.65. The maximum absolute atomic E-state index is 13.4. The predicted octanol–water partition coefficient (Wildman–Crippen LogP) is 2.64. The van der Waals surface area contributed by atoms with Gasteiger partial charge >= 0.3 is 5.97 Å². The van der Waals surface area contributed by atoms with E-state index in [2.05, 4.69) is 20.7 Å². The molecule has 1 rings (SSSR count). The van der Waals surface area contributed by atoms with Crippen LogP contribution in [0, 0.1) is 0 Å². The molecule has 0 aromatic heterocycles. The molecule has 0 spiro atoms. The Balaban J connectivity index is 2.97. The maximum atomic E-state index is 13.4. The van der Waals surface area contributed by atoms with Crippen molar-refractivity contribution in [2.45, 2.75) is 6.17 Å². The lowest BCUT2D eigenvalue weighted by molar-refractivity contribution is -0.146. The zero-order chi connectivity index (χ0) is 11.4. The standard InChI is InChI=1S/C10H10BrFO3/c1-14-8-4-3-6(5-7(8)11)9(12)10(13)15-2/h3-5,9H,1-2H3. The van der Waals surface area contributed by atoms with Crippen molar-refractivity contribution in [3.8, 4) is 5.75 Å². The summed E-state index contributed by atoms with van der Waals surface area (Å²) in [6.07, 6.45) is -1.77. The van der Waals surface area contributed by atoms with E-state index in [1.165, 1.54) is 19.2 Å². The van der Waals surface area contributed by atoms with Gasteiger partial charge in [-0.25, -0.2) is 9.18 Å². The number of methoxy groups -OCH3 is 2. The number of hydrogen-bond donors (Lipinski definition) is 0. The summed E-state index contributed by atoms with van der Waals surface area (Å²) in [6, 6.07) is 4.54. The number of halogens is 2. The number of alkyl halides is 1. The van der Waals surface area contributed by atoms with E-state index in [1.807, 2.05) is 0 Å². The molecule has 0 amide bonds. The second kappa shape index (κ2) is 5.11. The van der Waals surface area contributed by atoms with Crippen LogP contribution in [0.25, 0.3) is 0 Å². The summed E-state index contributed by atoms with van der Waals surface area (Å²) in [6.45, 7) is 0.